The van der Waals surface area contributed by atoms with E-state index in [0.29, 0.717) is 18.5 Å². The third kappa shape index (κ3) is 2.76. The Morgan fingerprint density at radius 1 is 1.47 bits per heavy atom. The van der Waals surface area contributed by atoms with Gasteiger partial charge in [-0.3, -0.25) is 4.79 Å². The Morgan fingerprint density at radius 3 is 2.95 bits per heavy atom. The van der Waals surface area contributed by atoms with Crippen LogP contribution in [0.25, 0.3) is 10.1 Å². The number of pyridine rings is 1. The monoisotopic (exact) mass is 277 g/mol. The molecule has 0 radical (unpaired) electrons. The Morgan fingerprint density at radius 2 is 2.26 bits per heavy atom. The minimum atomic E-state index is -0.341. The average Bonchev–Trinajstić information content (AvgIpc) is 2.90. The van der Waals surface area contributed by atoms with Gasteiger partial charge in [0, 0.05) is 23.0 Å². The van der Waals surface area contributed by atoms with Crippen molar-refractivity contribution in [3.8, 4) is 0 Å². The molecule has 0 bridgehead atoms. The van der Waals surface area contributed by atoms with Crippen molar-refractivity contribution in [2.45, 2.75) is 19.9 Å². The van der Waals surface area contributed by atoms with Crippen molar-refractivity contribution in [2.24, 2.45) is 0 Å². The zero-order valence-electron chi connectivity index (χ0n) is 10.9. The number of hydrogen-bond acceptors (Lipinski definition) is 4. The molecule has 2 aromatic heterocycles. The fraction of sp³-hybridized carbons (Fsp3) is 0.286. The first-order valence-corrected chi connectivity index (χ1v) is 6.89. The molecule has 0 aliphatic rings. The van der Waals surface area contributed by atoms with Crippen molar-refractivity contribution < 1.29 is 9.53 Å². The third-order valence-electron chi connectivity index (χ3n) is 2.96. The molecule has 4 nitrogen and oxygen atoms in total. The molecule has 0 saturated carbocycles. The van der Waals surface area contributed by atoms with E-state index < -0.39 is 0 Å². The second-order valence-electron chi connectivity index (χ2n) is 4.05. The lowest BCUT2D eigenvalue weighted by Crippen LogP contribution is -2.18. The van der Waals surface area contributed by atoms with Crippen molar-refractivity contribution in [1.29, 1.82) is 0 Å². The van der Waals surface area contributed by atoms with Crippen molar-refractivity contribution in [3.05, 3.63) is 45.7 Å². The third-order valence-corrected chi connectivity index (χ3v) is 3.84. The Balaban J connectivity index is 2.31. The molecule has 0 amide bonds. The van der Waals surface area contributed by atoms with Crippen LogP contribution >= 0.6 is 11.3 Å². The molecule has 2 heterocycles. The van der Waals surface area contributed by atoms with Crippen LogP contribution in [0.15, 0.2) is 40.2 Å². The van der Waals surface area contributed by atoms with Gasteiger partial charge in [0.25, 0.3) is 5.56 Å². The van der Waals surface area contributed by atoms with Gasteiger partial charge in [-0.2, -0.15) is 0 Å². The zero-order valence-corrected chi connectivity index (χ0v) is 11.7. The molecular weight excluding hydrogens is 262 g/mol. The van der Waals surface area contributed by atoms with Crippen LogP contribution in [-0.4, -0.2) is 17.6 Å². The summed E-state index contributed by atoms with van der Waals surface area (Å²) in [6.07, 6.45) is 4.08. The molecule has 0 unspecified atom stereocenters. The summed E-state index contributed by atoms with van der Waals surface area (Å²) in [6, 6.07) is 3.74. The first-order chi connectivity index (χ1) is 9.17. The molecule has 5 heteroatoms. The van der Waals surface area contributed by atoms with Gasteiger partial charge in [-0.15, -0.1) is 11.3 Å². The highest BCUT2D eigenvalue weighted by molar-refractivity contribution is 7.17. The summed E-state index contributed by atoms with van der Waals surface area (Å²) in [5.41, 5.74) is 0.551. The number of thiophene rings is 1. The van der Waals surface area contributed by atoms with E-state index in [4.69, 9.17) is 0 Å². The summed E-state index contributed by atoms with van der Waals surface area (Å²) in [7, 11) is 1.36. The lowest BCUT2D eigenvalue weighted by atomic mass is 10.2. The van der Waals surface area contributed by atoms with E-state index in [1.165, 1.54) is 7.11 Å². The maximum absolute atomic E-state index is 12.2. The molecule has 0 spiro atoms. The van der Waals surface area contributed by atoms with Gasteiger partial charge in [0.05, 0.1) is 12.5 Å². The summed E-state index contributed by atoms with van der Waals surface area (Å²) in [4.78, 5) is 23.6. The van der Waals surface area contributed by atoms with Gasteiger partial charge in [0.2, 0.25) is 0 Å². The van der Waals surface area contributed by atoms with Crippen LogP contribution in [0.4, 0.5) is 0 Å². The summed E-state index contributed by atoms with van der Waals surface area (Å²) in [5.74, 6) is -0.341. The average molecular weight is 277 g/mol. The van der Waals surface area contributed by atoms with Crippen LogP contribution in [-0.2, 0) is 16.1 Å². The molecule has 0 aliphatic carbocycles. The van der Waals surface area contributed by atoms with Gasteiger partial charge in [0.1, 0.15) is 0 Å². The van der Waals surface area contributed by atoms with Crippen molar-refractivity contribution in [2.75, 3.05) is 7.11 Å². The first kappa shape index (κ1) is 13.5. The standard InChI is InChI=1S/C14H15NO3S/c1-3-10(14(17)18-2)4-7-15-8-5-12-11(13(15)16)6-9-19-12/h4-6,8-9H,3,7H2,1-2H3/b10-4-. The van der Waals surface area contributed by atoms with Gasteiger partial charge >= 0.3 is 5.97 Å². The van der Waals surface area contributed by atoms with Crippen molar-refractivity contribution >= 4 is 27.4 Å². The van der Waals surface area contributed by atoms with Crippen LogP contribution in [0, 0.1) is 0 Å². The van der Waals surface area contributed by atoms with Gasteiger partial charge < -0.3 is 9.30 Å². The molecule has 0 saturated heterocycles. The number of allylic oxidation sites excluding steroid dienone is 1. The number of carbonyl (C=O) groups excluding carboxylic acids is 1. The smallest absolute Gasteiger partial charge is 0.333 e. The van der Waals surface area contributed by atoms with Crippen LogP contribution in [0.5, 0.6) is 0 Å². The Bertz CT molecular complexity index is 681. The fourth-order valence-electron chi connectivity index (χ4n) is 1.86. The predicted molar refractivity (Wildman–Crippen MR) is 76.5 cm³/mol. The van der Waals surface area contributed by atoms with Gasteiger partial charge in [-0.1, -0.05) is 13.0 Å². The number of nitrogens with zero attached hydrogens (tertiary/aromatic N) is 1. The Kier molecular flexibility index (Phi) is 4.16. The highest BCUT2D eigenvalue weighted by Crippen LogP contribution is 2.16. The van der Waals surface area contributed by atoms with E-state index in [-0.39, 0.29) is 11.5 Å². The maximum Gasteiger partial charge on any atom is 0.333 e. The number of esters is 1. The van der Waals surface area contributed by atoms with E-state index in [1.807, 2.05) is 24.4 Å². The lowest BCUT2D eigenvalue weighted by molar-refractivity contribution is -0.136. The molecule has 100 valence electrons. The number of methoxy groups -OCH3 is 1. The summed E-state index contributed by atoms with van der Waals surface area (Å²) >= 11 is 1.54. The van der Waals surface area contributed by atoms with E-state index in [0.717, 1.165) is 10.1 Å². The van der Waals surface area contributed by atoms with Crippen LogP contribution < -0.4 is 5.56 Å². The van der Waals surface area contributed by atoms with E-state index >= 15 is 0 Å². The van der Waals surface area contributed by atoms with Crippen molar-refractivity contribution in [3.63, 3.8) is 0 Å². The van der Waals surface area contributed by atoms with Gasteiger partial charge in [0.15, 0.2) is 0 Å². The van der Waals surface area contributed by atoms with E-state index in [9.17, 15) is 9.59 Å². The molecule has 0 aromatic carbocycles. The predicted octanol–water partition coefficient (Wildman–Crippen LogP) is 2.57. The topological polar surface area (TPSA) is 48.3 Å². The van der Waals surface area contributed by atoms with Gasteiger partial charge in [-0.25, -0.2) is 4.79 Å². The van der Waals surface area contributed by atoms with Crippen LogP contribution in [0.2, 0.25) is 0 Å². The lowest BCUT2D eigenvalue weighted by Gasteiger charge is -2.05. The summed E-state index contributed by atoms with van der Waals surface area (Å²) in [6.45, 7) is 2.26. The van der Waals surface area contributed by atoms with Crippen LogP contribution in [0.3, 0.4) is 0 Å². The fourth-order valence-corrected chi connectivity index (χ4v) is 2.63. The zero-order chi connectivity index (χ0) is 13.8. The number of ether oxygens (including phenoxy) is 1. The first-order valence-electron chi connectivity index (χ1n) is 6.01. The summed E-state index contributed by atoms with van der Waals surface area (Å²) in [5, 5.41) is 2.62. The molecule has 2 aromatic rings. The second kappa shape index (κ2) is 5.84. The molecule has 2 rings (SSSR count). The highest BCUT2D eigenvalue weighted by Gasteiger charge is 2.07. The van der Waals surface area contributed by atoms with E-state index in [1.54, 1.807) is 28.2 Å². The Hall–Kier alpha value is -1.88. The number of carbonyl (C=O) groups is 1. The number of fused-ring (bicyclic) bond motifs is 1. The molecule has 0 fully saturated rings. The summed E-state index contributed by atoms with van der Waals surface area (Å²) < 4.78 is 7.26. The van der Waals surface area contributed by atoms with E-state index in [2.05, 4.69) is 4.74 Å². The highest BCUT2D eigenvalue weighted by atomic mass is 32.1. The molecule has 0 N–H and O–H groups in total. The maximum atomic E-state index is 12.2. The molecule has 19 heavy (non-hydrogen) atoms. The SMILES string of the molecule is CC/C(=C/Cn1ccc2sccc2c1=O)C(=O)OC. The minimum Gasteiger partial charge on any atom is -0.466 e. The number of hydrogen-bond donors (Lipinski definition) is 0. The quantitative estimate of drug-likeness (QED) is 0.637. The van der Waals surface area contributed by atoms with Crippen molar-refractivity contribution in [1.82, 2.24) is 4.57 Å². The Labute approximate surface area is 114 Å². The molecular formula is C14H15NO3S. The van der Waals surface area contributed by atoms with Gasteiger partial charge in [-0.05, 0) is 23.9 Å². The van der Waals surface area contributed by atoms with Crippen LogP contribution in [0.1, 0.15) is 13.3 Å². The minimum absolute atomic E-state index is 0.0321. The second-order valence-corrected chi connectivity index (χ2v) is 4.99. The molecule has 0 atom stereocenters. The molecule has 0 aliphatic heterocycles. The number of rotatable bonds is 4. The normalized spacial score (nSPS) is 11.8. The number of aromatic nitrogens is 1. The largest absolute Gasteiger partial charge is 0.466 e.